The molecular formula is C22H26N2O4S. The highest BCUT2D eigenvalue weighted by molar-refractivity contribution is 7.89. The van der Waals surface area contributed by atoms with Gasteiger partial charge in [0.1, 0.15) is 0 Å². The molecule has 0 atom stereocenters. The molecule has 1 aliphatic rings. The second-order valence-electron chi connectivity index (χ2n) is 7.45. The highest BCUT2D eigenvalue weighted by Crippen LogP contribution is 2.24. The average molecular weight is 415 g/mol. The molecule has 154 valence electrons. The Balaban J connectivity index is 1.54. The highest BCUT2D eigenvalue weighted by Gasteiger charge is 2.27. The number of benzene rings is 2. The summed E-state index contributed by atoms with van der Waals surface area (Å²) in [5.41, 5.74) is 1.09. The quantitative estimate of drug-likeness (QED) is 0.700. The van der Waals surface area contributed by atoms with Crippen molar-refractivity contribution in [2.75, 3.05) is 18.4 Å². The summed E-state index contributed by atoms with van der Waals surface area (Å²) in [5.74, 6) is 0.181. The topological polar surface area (TPSA) is 83.6 Å². The van der Waals surface area contributed by atoms with Crippen molar-refractivity contribution in [1.82, 2.24) is 4.31 Å². The number of rotatable bonds is 7. The monoisotopic (exact) mass is 414 g/mol. The number of sulfonamides is 1. The standard InChI is InChI=1S/C22H26N2O4S/c1-17-13-15-24(16-14-17)29(27,28)20-9-7-19(8-10-20)23-22(26)12-11-21(25)18-5-3-2-4-6-18/h2-10,17H,11-16H2,1H3,(H,23,26). The van der Waals surface area contributed by atoms with E-state index in [9.17, 15) is 18.0 Å². The van der Waals surface area contributed by atoms with Crippen LogP contribution in [0.25, 0.3) is 0 Å². The molecule has 0 aromatic heterocycles. The van der Waals surface area contributed by atoms with Gasteiger partial charge in [-0.05, 0) is 43.0 Å². The smallest absolute Gasteiger partial charge is 0.243 e. The Morgan fingerprint density at radius 1 is 0.966 bits per heavy atom. The molecular weight excluding hydrogens is 388 g/mol. The fourth-order valence-corrected chi connectivity index (χ4v) is 4.77. The summed E-state index contributed by atoms with van der Waals surface area (Å²) < 4.78 is 27.0. The fourth-order valence-electron chi connectivity index (χ4n) is 3.30. The van der Waals surface area contributed by atoms with Crippen LogP contribution >= 0.6 is 0 Å². The number of hydrogen-bond donors (Lipinski definition) is 1. The molecule has 1 amide bonds. The number of nitrogens with zero attached hydrogens (tertiary/aromatic N) is 1. The second kappa shape index (κ2) is 9.33. The molecule has 1 aliphatic heterocycles. The molecule has 1 heterocycles. The number of nitrogens with one attached hydrogen (secondary N) is 1. The number of hydrogen-bond acceptors (Lipinski definition) is 4. The van der Waals surface area contributed by atoms with Gasteiger partial charge in [-0.25, -0.2) is 8.42 Å². The Kier molecular flexibility index (Phi) is 6.82. The van der Waals surface area contributed by atoms with E-state index in [0.717, 1.165) is 12.8 Å². The Morgan fingerprint density at radius 3 is 2.21 bits per heavy atom. The third-order valence-electron chi connectivity index (χ3n) is 5.19. The van der Waals surface area contributed by atoms with Crippen molar-refractivity contribution in [3.63, 3.8) is 0 Å². The van der Waals surface area contributed by atoms with Crippen molar-refractivity contribution in [2.24, 2.45) is 5.92 Å². The first-order valence-electron chi connectivity index (χ1n) is 9.84. The maximum atomic E-state index is 12.7. The summed E-state index contributed by atoms with van der Waals surface area (Å²) in [6.45, 7) is 3.21. The van der Waals surface area contributed by atoms with Crippen LogP contribution in [0.1, 0.15) is 43.0 Å². The largest absolute Gasteiger partial charge is 0.326 e. The lowest BCUT2D eigenvalue weighted by Gasteiger charge is -2.29. The summed E-state index contributed by atoms with van der Waals surface area (Å²) >= 11 is 0. The van der Waals surface area contributed by atoms with E-state index < -0.39 is 10.0 Å². The van der Waals surface area contributed by atoms with Crippen LogP contribution < -0.4 is 5.32 Å². The third-order valence-corrected chi connectivity index (χ3v) is 7.11. The lowest BCUT2D eigenvalue weighted by atomic mass is 10.0. The van der Waals surface area contributed by atoms with Gasteiger partial charge >= 0.3 is 0 Å². The van der Waals surface area contributed by atoms with E-state index in [-0.39, 0.29) is 29.4 Å². The molecule has 0 bridgehead atoms. The van der Waals surface area contributed by atoms with E-state index in [1.807, 2.05) is 6.07 Å². The van der Waals surface area contributed by atoms with E-state index in [1.54, 1.807) is 36.4 Å². The van der Waals surface area contributed by atoms with Gasteiger partial charge in [-0.1, -0.05) is 37.3 Å². The average Bonchev–Trinajstić information content (AvgIpc) is 2.73. The van der Waals surface area contributed by atoms with E-state index in [4.69, 9.17) is 0 Å². The van der Waals surface area contributed by atoms with Gasteiger partial charge in [0.2, 0.25) is 15.9 Å². The van der Waals surface area contributed by atoms with Crippen LogP contribution in [0.15, 0.2) is 59.5 Å². The molecule has 0 aliphatic carbocycles. The highest BCUT2D eigenvalue weighted by atomic mass is 32.2. The van der Waals surface area contributed by atoms with Crippen molar-refractivity contribution in [2.45, 2.75) is 37.5 Å². The molecule has 3 rings (SSSR count). The molecule has 7 heteroatoms. The van der Waals surface area contributed by atoms with Crippen LogP contribution in [0.2, 0.25) is 0 Å². The summed E-state index contributed by atoms with van der Waals surface area (Å²) in [6.07, 6.45) is 1.93. The molecule has 0 radical (unpaired) electrons. The summed E-state index contributed by atoms with van der Waals surface area (Å²) in [4.78, 5) is 24.4. The van der Waals surface area contributed by atoms with Crippen LogP contribution in [-0.2, 0) is 14.8 Å². The van der Waals surface area contributed by atoms with E-state index in [1.165, 1.54) is 16.4 Å². The summed E-state index contributed by atoms with van der Waals surface area (Å²) in [7, 11) is -3.51. The van der Waals surface area contributed by atoms with Gasteiger partial charge in [-0.15, -0.1) is 0 Å². The van der Waals surface area contributed by atoms with Crippen LogP contribution in [0.4, 0.5) is 5.69 Å². The zero-order chi connectivity index (χ0) is 20.9. The zero-order valence-corrected chi connectivity index (χ0v) is 17.3. The van der Waals surface area contributed by atoms with Gasteiger partial charge in [-0.3, -0.25) is 9.59 Å². The van der Waals surface area contributed by atoms with Crippen molar-refractivity contribution in [1.29, 1.82) is 0 Å². The van der Waals surface area contributed by atoms with Crippen LogP contribution in [0.5, 0.6) is 0 Å². The molecule has 1 saturated heterocycles. The number of carbonyl (C=O) groups excluding carboxylic acids is 2. The molecule has 2 aromatic carbocycles. The van der Waals surface area contributed by atoms with E-state index in [0.29, 0.717) is 30.3 Å². The summed E-state index contributed by atoms with van der Waals surface area (Å²) in [6, 6.07) is 15.0. The van der Waals surface area contributed by atoms with Gasteiger partial charge < -0.3 is 5.32 Å². The Morgan fingerprint density at radius 2 is 1.59 bits per heavy atom. The number of ketones is 1. The Bertz CT molecular complexity index is 948. The number of amides is 1. The molecule has 1 N–H and O–H groups in total. The molecule has 1 fully saturated rings. The van der Waals surface area contributed by atoms with Gasteiger partial charge in [0.15, 0.2) is 5.78 Å². The molecule has 0 spiro atoms. The molecule has 0 saturated carbocycles. The first-order chi connectivity index (χ1) is 13.9. The van der Waals surface area contributed by atoms with Gasteiger partial charge in [0.25, 0.3) is 0 Å². The number of piperidine rings is 1. The van der Waals surface area contributed by atoms with Crippen LogP contribution in [0, 0.1) is 5.92 Å². The van der Waals surface area contributed by atoms with Crippen molar-refractivity contribution in [3.8, 4) is 0 Å². The molecule has 2 aromatic rings. The third kappa shape index (κ3) is 5.52. The maximum absolute atomic E-state index is 12.7. The normalized spacial score (nSPS) is 15.8. The molecule has 6 nitrogen and oxygen atoms in total. The lowest BCUT2D eigenvalue weighted by Crippen LogP contribution is -2.37. The van der Waals surface area contributed by atoms with Gasteiger partial charge in [-0.2, -0.15) is 4.31 Å². The first-order valence-corrected chi connectivity index (χ1v) is 11.3. The first kappa shape index (κ1) is 21.2. The zero-order valence-electron chi connectivity index (χ0n) is 16.5. The van der Waals surface area contributed by atoms with Gasteiger partial charge in [0.05, 0.1) is 4.90 Å². The van der Waals surface area contributed by atoms with Crippen LogP contribution in [-0.4, -0.2) is 37.5 Å². The van der Waals surface area contributed by atoms with Crippen LogP contribution in [0.3, 0.4) is 0 Å². The van der Waals surface area contributed by atoms with Crippen molar-refractivity contribution < 1.29 is 18.0 Å². The van der Waals surface area contributed by atoms with Crippen molar-refractivity contribution >= 4 is 27.4 Å². The maximum Gasteiger partial charge on any atom is 0.243 e. The Hall–Kier alpha value is -2.51. The second-order valence-corrected chi connectivity index (χ2v) is 9.39. The molecule has 29 heavy (non-hydrogen) atoms. The number of Topliss-reactive ketones (excluding diaryl/α,β-unsaturated/α-hetero) is 1. The van der Waals surface area contributed by atoms with Gasteiger partial charge in [0, 0.05) is 37.2 Å². The van der Waals surface area contributed by atoms with E-state index in [2.05, 4.69) is 12.2 Å². The number of carbonyl (C=O) groups is 2. The summed E-state index contributed by atoms with van der Waals surface area (Å²) in [5, 5.41) is 2.71. The molecule has 0 unspecified atom stereocenters. The minimum atomic E-state index is -3.51. The lowest BCUT2D eigenvalue weighted by molar-refractivity contribution is -0.116. The van der Waals surface area contributed by atoms with E-state index >= 15 is 0 Å². The fraction of sp³-hybridized carbons (Fsp3) is 0.364. The minimum Gasteiger partial charge on any atom is -0.326 e. The SMILES string of the molecule is CC1CCN(S(=O)(=O)c2ccc(NC(=O)CCC(=O)c3ccccc3)cc2)CC1. The Labute approximate surface area is 172 Å². The predicted octanol–water partition coefficient (Wildman–Crippen LogP) is 3.71. The minimum absolute atomic E-state index is 0.0692. The number of anilines is 1. The predicted molar refractivity (Wildman–Crippen MR) is 112 cm³/mol. The van der Waals surface area contributed by atoms with Crippen molar-refractivity contribution in [3.05, 3.63) is 60.2 Å².